The number of alkyl halides is 3. The molecule has 6 rings (SSSR count). The van der Waals surface area contributed by atoms with Crippen molar-refractivity contribution in [2.45, 2.75) is 83.7 Å². The molecule has 1 aliphatic rings. The first-order chi connectivity index (χ1) is 33.2. The van der Waals surface area contributed by atoms with Gasteiger partial charge in [0, 0.05) is 25.3 Å². The lowest BCUT2D eigenvalue weighted by Gasteiger charge is -2.49. The van der Waals surface area contributed by atoms with Gasteiger partial charge >= 0.3 is 18.2 Å². The summed E-state index contributed by atoms with van der Waals surface area (Å²) in [5.74, 6) is 4.94. The van der Waals surface area contributed by atoms with E-state index in [-0.39, 0.29) is 51.0 Å². The Labute approximate surface area is 415 Å². The summed E-state index contributed by atoms with van der Waals surface area (Å²) >= 11 is 1.17. The van der Waals surface area contributed by atoms with Crippen molar-refractivity contribution in [1.82, 2.24) is 4.90 Å². The maximum absolute atomic E-state index is 14.4. The summed E-state index contributed by atoms with van der Waals surface area (Å²) in [7, 11) is 0.248. The molecule has 1 saturated heterocycles. The van der Waals surface area contributed by atoms with Gasteiger partial charge in [-0.3, -0.25) is 4.90 Å². The maximum atomic E-state index is 14.4. The van der Waals surface area contributed by atoms with Crippen LogP contribution in [0.25, 0.3) is 10.1 Å². The standard InChI is InChI=1S/C54H66F3N3O8SSi/c1-9-65-28-29-66-30-31-67-70(42-18-12-10-13-19-42,43-20-14-11-15-21-43)53(5,6)35-39-37-59(7)27-25-46(39)58-47-23-16-22-44-45(36-54(55,56)57)48(69-49(44)47)24-17-26-60(51(63)68-52(2,3)4)40-32-38(50(62)64-8)33-41(61)34-40/h10-16,18-23,32-34,39,46,58,61H,9,25-31,35-37H2,1-8H3. The number of methoxy groups -OCH3 is 1. The third-order valence-electron chi connectivity index (χ3n) is 12.4. The van der Waals surface area contributed by atoms with Crippen LogP contribution in [0, 0.1) is 17.8 Å². The summed E-state index contributed by atoms with van der Waals surface area (Å²) in [6.07, 6.45) is -5.01. The first kappa shape index (κ1) is 53.9. The summed E-state index contributed by atoms with van der Waals surface area (Å²) in [5.41, 5.74) is -0.108. The van der Waals surface area contributed by atoms with Gasteiger partial charge in [0.1, 0.15) is 11.4 Å². The minimum absolute atomic E-state index is 0.0246. The zero-order valence-electron chi connectivity index (χ0n) is 41.4. The van der Waals surface area contributed by atoms with E-state index in [4.69, 9.17) is 23.4 Å². The normalized spacial score (nSPS) is 15.8. The summed E-state index contributed by atoms with van der Waals surface area (Å²) in [6.45, 7) is 15.4. The van der Waals surface area contributed by atoms with E-state index in [9.17, 15) is 27.9 Å². The number of anilines is 2. The van der Waals surface area contributed by atoms with Gasteiger partial charge in [0.2, 0.25) is 0 Å². The van der Waals surface area contributed by atoms with E-state index in [0.29, 0.717) is 43.1 Å². The van der Waals surface area contributed by atoms with E-state index >= 15 is 0 Å². The first-order valence-electron chi connectivity index (χ1n) is 23.6. The minimum atomic E-state index is -4.54. The van der Waals surface area contributed by atoms with E-state index in [1.807, 2.05) is 25.1 Å². The third-order valence-corrected chi connectivity index (χ3v) is 18.6. The predicted molar refractivity (Wildman–Crippen MR) is 274 cm³/mol. The molecule has 1 aliphatic heterocycles. The summed E-state index contributed by atoms with van der Waals surface area (Å²) in [4.78, 5) is 29.7. The fourth-order valence-electron chi connectivity index (χ4n) is 9.41. The second-order valence-electron chi connectivity index (χ2n) is 19.2. The summed E-state index contributed by atoms with van der Waals surface area (Å²) < 4.78 is 73.2. The van der Waals surface area contributed by atoms with Crippen molar-refractivity contribution >= 4 is 63.6 Å². The van der Waals surface area contributed by atoms with Gasteiger partial charge in [-0.05, 0) is 105 Å². The highest BCUT2D eigenvalue weighted by molar-refractivity contribution is 7.20. The van der Waals surface area contributed by atoms with Crippen LogP contribution in [0.15, 0.2) is 97.1 Å². The first-order valence-corrected chi connectivity index (χ1v) is 26.4. The number of halogens is 3. The molecule has 5 aromatic rings. The topological polar surface area (TPSA) is 119 Å². The summed E-state index contributed by atoms with van der Waals surface area (Å²) in [5, 5.41) is 16.7. The Balaban J connectivity index is 1.36. The zero-order chi connectivity index (χ0) is 50.7. The van der Waals surface area contributed by atoms with Crippen molar-refractivity contribution in [3.8, 4) is 17.6 Å². The molecular formula is C54H66F3N3O8SSi. The van der Waals surface area contributed by atoms with E-state index in [2.05, 4.69) is 91.5 Å². The molecule has 11 nitrogen and oxygen atoms in total. The van der Waals surface area contributed by atoms with Gasteiger partial charge in [-0.1, -0.05) is 98.5 Å². The van der Waals surface area contributed by atoms with Crippen molar-refractivity contribution in [1.29, 1.82) is 0 Å². The number of fused-ring (bicyclic) bond motifs is 1. The number of esters is 1. The number of phenols is 1. The quantitative estimate of drug-likeness (QED) is 0.0358. The van der Waals surface area contributed by atoms with Crippen molar-refractivity contribution in [2.24, 2.45) is 5.92 Å². The maximum Gasteiger partial charge on any atom is 0.415 e. The molecule has 16 heteroatoms. The molecule has 0 spiro atoms. The highest BCUT2D eigenvalue weighted by Crippen LogP contribution is 2.46. The average Bonchev–Trinajstić information content (AvgIpc) is 3.65. The van der Waals surface area contributed by atoms with Crippen LogP contribution in [0.5, 0.6) is 5.75 Å². The number of aromatic hydroxyl groups is 1. The fourth-order valence-corrected chi connectivity index (χ4v) is 15.5. The van der Waals surface area contributed by atoms with Crippen molar-refractivity contribution in [3.63, 3.8) is 0 Å². The van der Waals surface area contributed by atoms with E-state index < -0.39 is 38.6 Å². The zero-order valence-corrected chi connectivity index (χ0v) is 43.2. The molecule has 1 amide bonds. The second kappa shape index (κ2) is 23.7. The molecule has 376 valence electrons. The van der Waals surface area contributed by atoms with E-state index in [1.54, 1.807) is 32.9 Å². The Bertz CT molecular complexity index is 2550. The number of ether oxygens (including phenoxy) is 4. The number of piperidine rings is 1. The lowest BCUT2D eigenvalue weighted by molar-refractivity contribution is -0.127. The minimum Gasteiger partial charge on any atom is -0.508 e. The number of carbonyl (C=O) groups is 2. The molecule has 0 saturated carbocycles. The number of benzene rings is 4. The second-order valence-corrected chi connectivity index (χ2v) is 24.4. The average molecular weight is 1000 g/mol. The van der Waals surface area contributed by atoms with Crippen molar-refractivity contribution in [2.75, 3.05) is 77.0 Å². The smallest absolute Gasteiger partial charge is 0.415 e. The summed E-state index contributed by atoms with van der Waals surface area (Å²) in [6, 6.07) is 30.2. The number of nitrogens with zero attached hydrogens (tertiary/aromatic N) is 2. The molecule has 0 aliphatic carbocycles. The van der Waals surface area contributed by atoms with Gasteiger partial charge in [-0.2, -0.15) is 13.2 Å². The molecule has 0 bridgehead atoms. The van der Waals surface area contributed by atoms with Crippen LogP contribution < -0.4 is 20.6 Å². The molecule has 70 heavy (non-hydrogen) atoms. The number of likely N-dealkylation sites (tertiary alicyclic amines) is 1. The number of phenolic OH excluding ortho intramolecular Hbond substituents is 1. The number of nitrogens with one attached hydrogen (secondary N) is 1. The lowest BCUT2D eigenvalue weighted by Crippen LogP contribution is -2.68. The number of amides is 1. The highest BCUT2D eigenvalue weighted by Gasteiger charge is 2.54. The lowest BCUT2D eigenvalue weighted by atomic mass is 9.85. The van der Waals surface area contributed by atoms with Crippen molar-refractivity contribution < 1.29 is 51.2 Å². The Morgan fingerprint density at radius 1 is 0.900 bits per heavy atom. The Kier molecular flexibility index (Phi) is 18.2. The predicted octanol–water partition coefficient (Wildman–Crippen LogP) is 10.0. The number of rotatable bonds is 19. The number of carbonyl (C=O) groups excluding carboxylic acids is 2. The van der Waals surface area contributed by atoms with Crippen LogP contribution in [0.2, 0.25) is 5.04 Å². The SMILES string of the molecule is CCOCCOCCO[Si](c1ccccc1)(c1ccccc1)C(C)(C)CC1CN(C)CCC1Nc1cccc2c(CC(F)(F)F)c(C#CCN(C(=O)OC(C)(C)C)c3cc(O)cc(C(=O)OC)c3)sc12. The van der Waals surface area contributed by atoms with Crippen LogP contribution in [0.1, 0.15) is 75.2 Å². The Morgan fingerprint density at radius 2 is 1.56 bits per heavy atom. The molecule has 0 radical (unpaired) electrons. The number of hydrogen-bond donors (Lipinski definition) is 2. The largest absolute Gasteiger partial charge is 0.508 e. The van der Waals surface area contributed by atoms with Crippen LogP contribution >= 0.6 is 11.3 Å². The highest BCUT2D eigenvalue weighted by atomic mass is 32.1. The fraction of sp³-hybridized carbons (Fsp3) is 0.444. The van der Waals surface area contributed by atoms with E-state index in [0.717, 1.165) is 46.9 Å². The molecular weight excluding hydrogens is 936 g/mol. The monoisotopic (exact) mass is 1000 g/mol. The van der Waals surface area contributed by atoms with Crippen LogP contribution in [-0.2, 0) is 29.8 Å². The Morgan fingerprint density at radius 3 is 2.19 bits per heavy atom. The third kappa shape index (κ3) is 13.7. The molecule has 2 heterocycles. The molecule has 2 N–H and O–H groups in total. The van der Waals surface area contributed by atoms with Crippen LogP contribution in [-0.4, -0.2) is 115 Å². The molecule has 4 aromatic carbocycles. The van der Waals surface area contributed by atoms with Crippen LogP contribution in [0.3, 0.4) is 0 Å². The van der Waals surface area contributed by atoms with Crippen LogP contribution in [0.4, 0.5) is 29.3 Å². The van der Waals surface area contributed by atoms with Gasteiger partial charge in [-0.15, -0.1) is 11.3 Å². The number of thiophene rings is 1. The van der Waals surface area contributed by atoms with Gasteiger partial charge < -0.3 is 38.7 Å². The van der Waals surface area contributed by atoms with Gasteiger partial charge in [0.15, 0.2) is 0 Å². The Hall–Kier alpha value is -5.41. The number of hydrogen-bond acceptors (Lipinski definition) is 11. The molecule has 1 fully saturated rings. The van der Waals surface area contributed by atoms with Gasteiger partial charge in [0.25, 0.3) is 8.32 Å². The molecule has 1 aromatic heterocycles. The van der Waals surface area contributed by atoms with Gasteiger partial charge in [-0.25, -0.2) is 9.59 Å². The van der Waals surface area contributed by atoms with Crippen molar-refractivity contribution in [3.05, 3.63) is 113 Å². The van der Waals surface area contributed by atoms with E-state index in [1.165, 1.54) is 36.6 Å². The van der Waals surface area contributed by atoms with Gasteiger partial charge in [0.05, 0.1) is 73.0 Å². The molecule has 2 unspecified atom stereocenters. The molecule has 2 atom stereocenters.